The normalized spacial score (nSPS) is 18.7. The van der Waals surface area contributed by atoms with E-state index in [-0.39, 0.29) is 0 Å². The van der Waals surface area contributed by atoms with Gasteiger partial charge >= 0.3 is 0 Å². The number of hydrogen-bond acceptors (Lipinski definition) is 4. The second-order valence-corrected chi connectivity index (χ2v) is 6.64. The Kier molecular flexibility index (Phi) is 7.85. The van der Waals surface area contributed by atoms with Gasteiger partial charge in [-0.3, -0.25) is 4.99 Å². The van der Waals surface area contributed by atoms with Crippen LogP contribution in [0.15, 0.2) is 29.3 Å². The molecule has 0 spiro atoms. The third-order valence-corrected chi connectivity index (χ3v) is 4.60. The van der Waals surface area contributed by atoms with E-state index in [0.717, 1.165) is 37.1 Å². The Morgan fingerprint density at radius 2 is 2.04 bits per heavy atom. The molecule has 140 valence electrons. The molecule has 0 bridgehead atoms. The van der Waals surface area contributed by atoms with Crippen LogP contribution in [0.5, 0.6) is 11.5 Å². The highest BCUT2D eigenvalue weighted by Gasteiger charge is 2.17. The second kappa shape index (κ2) is 10.1. The molecule has 1 aliphatic rings. The number of nitrogens with one attached hydrogen (secondary N) is 1. The van der Waals surface area contributed by atoms with E-state index < -0.39 is 0 Å². The van der Waals surface area contributed by atoms with Crippen molar-refractivity contribution in [1.82, 2.24) is 15.1 Å². The fourth-order valence-corrected chi connectivity index (χ4v) is 3.14. The van der Waals surface area contributed by atoms with Crippen molar-refractivity contribution in [2.45, 2.75) is 12.8 Å². The van der Waals surface area contributed by atoms with E-state index in [4.69, 9.17) is 9.47 Å². The number of nitrogens with zero attached hydrogens (tertiary/aromatic N) is 3. The number of likely N-dealkylation sites (N-methyl/N-ethyl adjacent to an activating group) is 1. The monoisotopic (exact) mass is 348 g/mol. The van der Waals surface area contributed by atoms with Crippen molar-refractivity contribution in [3.05, 3.63) is 24.3 Å². The summed E-state index contributed by atoms with van der Waals surface area (Å²) in [7, 11) is 7.73. The molecule has 1 aromatic rings. The molecule has 1 saturated heterocycles. The molecule has 1 atom stereocenters. The van der Waals surface area contributed by atoms with Crippen molar-refractivity contribution in [2.75, 3.05) is 61.0 Å². The molecule has 2 rings (SSSR count). The van der Waals surface area contributed by atoms with E-state index in [1.165, 1.54) is 19.4 Å². The van der Waals surface area contributed by atoms with Gasteiger partial charge < -0.3 is 24.6 Å². The highest BCUT2D eigenvalue weighted by molar-refractivity contribution is 5.79. The minimum Gasteiger partial charge on any atom is -0.497 e. The first-order chi connectivity index (χ1) is 12.1. The van der Waals surface area contributed by atoms with Crippen LogP contribution in [-0.2, 0) is 0 Å². The number of benzene rings is 1. The highest BCUT2D eigenvalue weighted by Crippen LogP contribution is 2.17. The van der Waals surface area contributed by atoms with E-state index >= 15 is 0 Å². The third kappa shape index (κ3) is 6.46. The number of guanidine groups is 1. The van der Waals surface area contributed by atoms with Gasteiger partial charge in [0, 0.05) is 27.2 Å². The minimum absolute atomic E-state index is 0.607. The summed E-state index contributed by atoms with van der Waals surface area (Å²) in [6.07, 6.45) is 2.58. The van der Waals surface area contributed by atoms with Crippen LogP contribution in [0.4, 0.5) is 0 Å². The lowest BCUT2D eigenvalue weighted by molar-refractivity contribution is 0.209. The Balaban J connectivity index is 1.70. The first-order valence-electron chi connectivity index (χ1n) is 8.99. The molecule has 1 N–H and O–H groups in total. The summed E-state index contributed by atoms with van der Waals surface area (Å²) >= 11 is 0. The van der Waals surface area contributed by atoms with Crippen molar-refractivity contribution in [1.29, 1.82) is 0 Å². The highest BCUT2D eigenvalue weighted by atomic mass is 16.5. The molecular weight excluding hydrogens is 316 g/mol. The minimum atomic E-state index is 0.607. The topological polar surface area (TPSA) is 49.3 Å². The van der Waals surface area contributed by atoms with Gasteiger partial charge in [-0.05, 0) is 56.6 Å². The summed E-state index contributed by atoms with van der Waals surface area (Å²) in [5.41, 5.74) is 0. The van der Waals surface area contributed by atoms with Crippen LogP contribution >= 0.6 is 0 Å². The van der Waals surface area contributed by atoms with Gasteiger partial charge in [-0.15, -0.1) is 0 Å². The fraction of sp³-hybridized carbons (Fsp3) is 0.632. The molecule has 0 aromatic heterocycles. The summed E-state index contributed by atoms with van der Waals surface area (Å²) < 4.78 is 10.9. The molecule has 6 heteroatoms. The largest absolute Gasteiger partial charge is 0.497 e. The molecule has 1 unspecified atom stereocenters. The number of likely N-dealkylation sites (tertiary alicyclic amines) is 1. The molecule has 25 heavy (non-hydrogen) atoms. The Bertz CT molecular complexity index is 533. The number of ether oxygens (including phenoxy) is 2. The van der Waals surface area contributed by atoms with Crippen LogP contribution < -0.4 is 14.8 Å². The SMILES string of the molecule is CN=C(NCC1CCCN(C)C1)N(C)CCOc1ccc(OC)cc1. The predicted molar refractivity (Wildman–Crippen MR) is 103 cm³/mol. The van der Waals surface area contributed by atoms with Crippen molar-refractivity contribution in [2.24, 2.45) is 10.9 Å². The van der Waals surface area contributed by atoms with Gasteiger partial charge in [0.2, 0.25) is 0 Å². The number of rotatable bonds is 7. The molecule has 1 fully saturated rings. The first kappa shape index (κ1) is 19.4. The van der Waals surface area contributed by atoms with E-state index in [9.17, 15) is 0 Å². The maximum Gasteiger partial charge on any atom is 0.193 e. The summed E-state index contributed by atoms with van der Waals surface area (Å²) in [5.74, 6) is 3.30. The molecule has 1 aliphatic heterocycles. The van der Waals surface area contributed by atoms with Crippen LogP contribution in [-0.4, -0.2) is 76.8 Å². The molecule has 0 aliphatic carbocycles. The zero-order valence-electron chi connectivity index (χ0n) is 16.0. The van der Waals surface area contributed by atoms with Crippen LogP contribution in [0.1, 0.15) is 12.8 Å². The summed E-state index contributed by atoms with van der Waals surface area (Å²) in [5, 5.41) is 3.50. The van der Waals surface area contributed by atoms with Crippen molar-refractivity contribution in [3.8, 4) is 11.5 Å². The lowest BCUT2D eigenvalue weighted by Crippen LogP contribution is -2.45. The molecular formula is C19H32N4O2. The maximum absolute atomic E-state index is 5.79. The summed E-state index contributed by atoms with van der Waals surface area (Å²) in [6, 6.07) is 7.65. The van der Waals surface area contributed by atoms with Crippen molar-refractivity contribution in [3.63, 3.8) is 0 Å². The smallest absolute Gasteiger partial charge is 0.193 e. The van der Waals surface area contributed by atoms with Gasteiger partial charge in [0.25, 0.3) is 0 Å². The lowest BCUT2D eigenvalue weighted by atomic mass is 9.99. The standard InChI is InChI=1S/C19H32N4O2/c1-20-19(21-14-16-6-5-11-22(2)15-16)23(3)12-13-25-18-9-7-17(24-4)8-10-18/h7-10,16H,5-6,11-15H2,1-4H3,(H,20,21). The van der Waals surface area contributed by atoms with E-state index in [0.29, 0.717) is 12.5 Å². The predicted octanol–water partition coefficient (Wildman–Crippen LogP) is 1.92. The van der Waals surface area contributed by atoms with E-state index in [2.05, 4.69) is 27.2 Å². The Morgan fingerprint density at radius 1 is 1.32 bits per heavy atom. The second-order valence-electron chi connectivity index (χ2n) is 6.64. The summed E-state index contributed by atoms with van der Waals surface area (Å²) in [6.45, 7) is 4.73. The van der Waals surface area contributed by atoms with Gasteiger partial charge in [-0.2, -0.15) is 0 Å². The van der Waals surface area contributed by atoms with E-state index in [1.54, 1.807) is 7.11 Å². The molecule has 0 radical (unpaired) electrons. The quantitative estimate of drug-likeness (QED) is 0.603. The van der Waals surface area contributed by atoms with Gasteiger partial charge in [0.15, 0.2) is 5.96 Å². The van der Waals surface area contributed by atoms with Crippen LogP contribution in [0.3, 0.4) is 0 Å². The molecule has 0 saturated carbocycles. The molecule has 1 aromatic carbocycles. The summed E-state index contributed by atoms with van der Waals surface area (Å²) in [4.78, 5) is 8.90. The average Bonchev–Trinajstić information content (AvgIpc) is 2.63. The number of methoxy groups -OCH3 is 1. The van der Waals surface area contributed by atoms with Crippen molar-refractivity contribution >= 4 is 5.96 Å². The number of piperidine rings is 1. The van der Waals surface area contributed by atoms with E-state index in [1.807, 2.05) is 38.4 Å². The first-order valence-corrected chi connectivity index (χ1v) is 8.99. The maximum atomic E-state index is 5.79. The fourth-order valence-electron chi connectivity index (χ4n) is 3.14. The van der Waals surface area contributed by atoms with Crippen LogP contribution in [0.2, 0.25) is 0 Å². The lowest BCUT2D eigenvalue weighted by Gasteiger charge is -2.31. The average molecular weight is 348 g/mol. The zero-order valence-corrected chi connectivity index (χ0v) is 16.0. The van der Waals surface area contributed by atoms with Gasteiger partial charge in [-0.1, -0.05) is 0 Å². The van der Waals surface area contributed by atoms with Gasteiger partial charge in [0.1, 0.15) is 18.1 Å². The van der Waals surface area contributed by atoms with Crippen molar-refractivity contribution < 1.29 is 9.47 Å². The van der Waals surface area contributed by atoms with Gasteiger partial charge in [-0.25, -0.2) is 0 Å². The molecule has 1 heterocycles. The number of aliphatic imine (C=N–C) groups is 1. The Morgan fingerprint density at radius 3 is 2.68 bits per heavy atom. The molecule has 0 amide bonds. The van der Waals surface area contributed by atoms with Gasteiger partial charge in [0.05, 0.1) is 13.7 Å². The van der Waals surface area contributed by atoms with Crippen LogP contribution in [0.25, 0.3) is 0 Å². The number of hydrogen-bond donors (Lipinski definition) is 1. The Labute approximate surface area is 151 Å². The zero-order chi connectivity index (χ0) is 18.1. The Hall–Kier alpha value is -1.95. The molecule has 6 nitrogen and oxygen atoms in total. The van der Waals surface area contributed by atoms with Crippen LogP contribution in [0, 0.1) is 5.92 Å². The third-order valence-electron chi connectivity index (χ3n) is 4.60.